The highest BCUT2D eigenvalue weighted by Gasteiger charge is 2.27. The van der Waals surface area contributed by atoms with Crippen molar-refractivity contribution >= 4 is 23.2 Å². The van der Waals surface area contributed by atoms with Crippen LogP contribution in [0, 0.1) is 0 Å². The lowest BCUT2D eigenvalue weighted by Crippen LogP contribution is -2.38. The van der Waals surface area contributed by atoms with Crippen LogP contribution in [0.25, 0.3) is 0 Å². The highest BCUT2D eigenvalue weighted by Crippen LogP contribution is 2.12. The van der Waals surface area contributed by atoms with Crippen LogP contribution >= 0.6 is 11.6 Å². The zero-order valence-corrected chi connectivity index (χ0v) is 9.55. The summed E-state index contributed by atoms with van der Waals surface area (Å²) >= 11 is 5.44. The molecule has 0 aromatic carbocycles. The molecule has 0 unspecified atom stereocenters. The number of nitrogen functional groups attached to an aromatic ring is 1. The van der Waals surface area contributed by atoms with Gasteiger partial charge in [-0.2, -0.15) is 13.2 Å². The first-order valence-electron chi connectivity index (χ1n) is 4.54. The third-order valence-corrected chi connectivity index (χ3v) is 2.13. The molecule has 1 aromatic heterocycles. The number of halogens is 4. The van der Waals surface area contributed by atoms with Gasteiger partial charge in [0.15, 0.2) is 5.15 Å². The summed E-state index contributed by atoms with van der Waals surface area (Å²) in [5.74, 6) is -0.988. The number of hydrogen-bond donors (Lipinski definition) is 2. The van der Waals surface area contributed by atoms with Crippen LogP contribution < -0.4 is 16.6 Å². The molecule has 6 nitrogen and oxygen atoms in total. The Morgan fingerprint density at radius 3 is 2.72 bits per heavy atom. The van der Waals surface area contributed by atoms with E-state index in [0.29, 0.717) is 0 Å². The minimum Gasteiger partial charge on any atom is -0.392 e. The number of nitrogens with one attached hydrogen (secondary N) is 1. The second-order valence-corrected chi connectivity index (χ2v) is 3.63. The molecule has 18 heavy (non-hydrogen) atoms. The van der Waals surface area contributed by atoms with Gasteiger partial charge in [-0.15, -0.1) is 0 Å². The average molecular weight is 285 g/mol. The third kappa shape index (κ3) is 3.91. The number of hydrogen-bond acceptors (Lipinski definition) is 4. The van der Waals surface area contributed by atoms with Crippen LogP contribution in [0.2, 0.25) is 5.15 Å². The van der Waals surface area contributed by atoms with E-state index in [1.807, 2.05) is 0 Å². The molecule has 10 heteroatoms. The van der Waals surface area contributed by atoms with Crippen molar-refractivity contribution in [1.29, 1.82) is 0 Å². The summed E-state index contributed by atoms with van der Waals surface area (Å²) in [6, 6.07) is 0. The number of carbonyl (C=O) groups is 1. The molecule has 100 valence electrons. The summed E-state index contributed by atoms with van der Waals surface area (Å²) in [6.07, 6.45) is -3.59. The van der Waals surface area contributed by atoms with E-state index in [1.54, 1.807) is 5.32 Å². The van der Waals surface area contributed by atoms with E-state index in [9.17, 15) is 22.8 Å². The van der Waals surface area contributed by atoms with Crippen molar-refractivity contribution in [2.24, 2.45) is 0 Å². The zero-order valence-electron chi connectivity index (χ0n) is 8.79. The monoisotopic (exact) mass is 284 g/mol. The van der Waals surface area contributed by atoms with Crippen molar-refractivity contribution in [2.75, 3.05) is 12.3 Å². The Balaban J connectivity index is 2.72. The van der Waals surface area contributed by atoms with Gasteiger partial charge >= 0.3 is 6.18 Å². The summed E-state index contributed by atoms with van der Waals surface area (Å²) in [5.41, 5.74) is 4.10. The average Bonchev–Trinajstić information content (AvgIpc) is 2.26. The first-order valence-corrected chi connectivity index (χ1v) is 4.92. The lowest BCUT2D eigenvalue weighted by molar-refractivity contribution is -0.138. The van der Waals surface area contributed by atoms with Crippen molar-refractivity contribution in [3.8, 4) is 0 Å². The lowest BCUT2D eigenvalue weighted by atomic mass is 10.5. The predicted molar refractivity (Wildman–Crippen MR) is 57.0 cm³/mol. The number of carbonyl (C=O) groups excluding carboxylic acids is 1. The van der Waals surface area contributed by atoms with E-state index in [0.717, 1.165) is 10.9 Å². The van der Waals surface area contributed by atoms with Gasteiger partial charge in [0.2, 0.25) is 5.91 Å². The molecule has 3 N–H and O–H groups in total. The van der Waals surface area contributed by atoms with Crippen LogP contribution in [0.3, 0.4) is 0 Å². The molecule has 1 heterocycles. The van der Waals surface area contributed by atoms with Crippen molar-refractivity contribution in [1.82, 2.24) is 14.9 Å². The normalized spacial score (nSPS) is 11.3. The molecule has 1 amide bonds. The summed E-state index contributed by atoms with van der Waals surface area (Å²) < 4.78 is 36.2. The molecule has 1 rings (SSSR count). The molecule has 1 aromatic rings. The minimum atomic E-state index is -4.52. The van der Waals surface area contributed by atoms with E-state index >= 15 is 0 Å². The second-order valence-electron chi connectivity index (χ2n) is 3.27. The number of nitrogens with zero attached hydrogens (tertiary/aromatic N) is 2. The molecule has 0 aliphatic carbocycles. The molecular weight excluding hydrogens is 277 g/mol. The maximum Gasteiger partial charge on any atom is 0.405 e. The van der Waals surface area contributed by atoms with Crippen LogP contribution in [0.1, 0.15) is 0 Å². The molecule has 0 radical (unpaired) electrons. The Morgan fingerprint density at radius 1 is 1.56 bits per heavy atom. The van der Waals surface area contributed by atoms with Gasteiger partial charge in [0.1, 0.15) is 18.8 Å². The number of nitrogens with two attached hydrogens (primary N) is 1. The topological polar surface area (TPSA) is 90.0 Å². The van der Waals surface area contributed by atoms with Crippen LogP contribution in [0.4, 0.5) is 18.9 Å². The number of amides is 1. The molecule has 0 aliphatic heterocycles. The lowest BCUT2D eigenvalue weighted by Gasteiger charge is -2.09. The first-order chi connectivity index (χ1) is 8.20. The van der Waals surface area contributed by atoms with Crippen molar-refractivity contribution in [3.05, 3.63) is 21.8 Å². The Morgan fingerprint density at radius 2 is 2.17 bits per heavy atom. The maximum atomic E-state index is 11.8. The Hall–Kier alpha value is -1.77. The van der Waals surface area contributed by atoms with Gasteiger partial charge in [-0.3, -0.25) is 14.2 Å². The smallest absolute Gasteiger partial charge is 0.392 e. The third-order valence-electron chi connectivity index (χ3n) is 1.82. The maximum absolute atomic E-state index is 11.8. The van der Waals surface area contributed by atoms with Crippen molar-refractivity contribution in [3.63, 3.8) is 0 Å². The van der Waals surface area contributed by atoms with E-state index in [2.05, 4.69) is 4.98 Å². The standard InChI is InChI=1S/C8H8ClF3N4O2/c9-6-5(13)7(18)16(3-15-6)1-4(17)14-2-8(10,11)12/h3H,1-2,13H2,(H,14,17). The molecule has 0 spiro atoms. The fraction of sp³-hybridized carbons (Fsp3) is 0.375. The van der Waals surface area contributed by atoms with Crippen LogP contribution in [-0.4, -0.2) is 28.2 Å². The molecule has 0 aliphatic rings. The Labute approximate surface area is 104 Å². The SMILES string of the molecule is Nc1c(Cl)ncn(CC(=O)NCC(F)(F)F)c1=O. The van der Waals surface area contributed by atoms with Gasteiger partial charge < -0.3 is 11.1 Å². The van der Waals surface area contributed by atoms with Crippen LogP contribution in [0.15, 0.2) is 11.1 Å². The van der Waals surface area contributed by atoms with Crippen molar-refractivity contribution in [2.45, 2.75) is 12.7 Å². The number of alkyl halides is 3. The van der Waals surface area contributed by atoms with Gasteiger partial charge in [-0.25, -0.2) is 4.98 Å². The van der Waals surface area contributed by atoms with Crippen LogP contribution in [0.5, 0.6) is 0 Å². The van der Waals surface area contributed by atoms with E-state index in [1.165, 1.54) is 0 Å². The minimum absolute atomic E-state index is 0.230. The zero-order chi connectivity index (χ0) is 13.9. The summed E-state index contributed by atoms with van der Waals surface area (Å²) in [7, 11) is 0. The highest BCUT2D eigenvalue weighted by molar-refractivity contribution is 6.31. The summed E-state index contributed by atoms with van der Waals surface area (Å²) in [5, 5.41) is 1.38. The van der Waals surface area contributed by atoms with Gasteiger partial charge in [0.05, 0.1) is 6.33 Å². The first kappa shape index (κ1) is 14.3. The van der Waals surface area contributed by atoms with Gasteiger partial charge in [-0.05, 0) is 0 Å². The summed E-state index contributed by atoms with van der Waals surface area (Å²) in [4.78, 5) is 26.1. The largest absolute Gasteiger partial charge is 0.405 e. The number of rotatable bonds is 3. The van der Waals surface area contributed by atoms with Crippen LogP contribution in [-0.2, 0) is 11.3 Å². The van der Waals surface area contributed by atoms with Gasteiger partial charge in [0.25, 0.3) is 5.56 Å². The molecule has 0 atom stereocenters. The fourth-order valence-corrected chi connectivity index (χ4v) is 1.13. The summed E-state index contributed by atoms with van der Waals surface area (Å²) in [6.45, 7) is -2.10. The fourth-order valence-electron chi connectivity index (χ4n) is 1.01. The van der Waals surface area contributed by atoms with E-state index in [4.69, 9.17) is 17.3 Å². The second kappa shape index (κ2) is 5.25. The molecule has 0 fully saturated rings. The van der Waals surface area contributed by atoms with Gasteiger partial charge in [-0.1, -0.05) is 11.6 Å². The number of anilines is 1. The Bertz CT molecular complexity index is 514. The Kier molecular flexibility index (Phi) is 4.17. The number of aromatic nitrogens is 2. The molecule has 0 saturated heterocycles. The highest BCUT2D eigenvalue weighted by atomic mass is 35.5. The van der Waals surface area contributed by atoms with Crippen molar-refractivity contribution < 1.29 is 18.0 Å². The quantitative estimate of drug-likeness (QED) is 0.774. The molecule has 0 bridgehead atoms. The van der Waals surface area contributed by atoms with Gasteiger partial charge in [0, 0.05) is 0 Å². The molecular formula is C8H8ClF3N4O2. The van der Waals surface area contributed by atoms with E-state index < -0.39 is 30.7 Å². The molecule has 0 saturated carbocycles. The van der Waals surface area contributed by atoms with E-state index in [-0.39, 0.29) is 10.8 Å². The predicted octanol–water partition coefficient (Wildman–Crippen LogP) is 0.157.